The number of aryl methyl sites for hydroxylation is 1. The van der Waals surface area contributed by atoms with Gasteiger partial charge >= 0.3 is 0 Å². The second-order valence-electron chi connectivity index (χ2n) is 7.81. The van der Waals surface area contributed by atoms with Crippen molar-refractivity contribution in [3.63, 3.8) is 0 Å². The molecule has 1 fully saturated rings. The summed E-state index contributed by atoms with van der Waals surface area (Å²) in [4.78, 5) is 24.6. The number of ether oxygens (including phenoxy) is 1. The predicted octanol–water partition coefficient (Wildman–Crippen LogP) is 3.57. The summed E-state index contributed by atoms with van der Waals surface area (Å²) in [6.45, 7) is 8.45. The molecule has 31 heavy (non-hydrogen) atoms. The molecule has 0 spiro atoms. The molecule has 6 nitrogen and oxygen atoms in total. The molecule has 2 aromatic carbocycles. The summed E-state index contributed by atoms with van der Waals surface area (Å²) in [6.07, 6.45) is 0. The van der Waals surface area contributed by atoms with Gasteiger partial charge in [-0.15, -0.1) is 0 Å². The molecular weight excluding hydrogens is 408 g/mol. The van der Waals surface area contributed by atoms with E-state index in [4.69, 9.17) is 14.7 Å². The summed E-state index contributed by atoms with van der Waals surface area (Å²) in [6, 6.07) is 16.2. The molecule has 3 aromatic rings. The fourth-order valence-electron chi connectivity index (χ4n) is 3.47. The molecule has 4 rings (SSSR count). The fourth-order valence-corrected chi connectivity index (χ4v) is 4.46. The Morgan fingerprint density at radius 2 is 1.87 bits per heavy atom. The molecule has 1 unspecified atom stereocenters. The van der Waals surface area contributed by atoms with Gasteiger partial charge < -0.3 is 10.1 Å². The van der Waals surface area contributed by atoms with Gasteiger partial charge in [0.15, 0.2) is 0 Å². The van der Waals surface area contributed by atoms with Crippen LogP contribution < -0.4 is 5.32 Å². The predicted molar refractivity (Wildman–Crippen MR) is 124 cm³/mol. The number of benzene rings is 2. The topological polar surface area (TPSA) is 67.4 Å². The fraction of sp³-hybridized carbons (Fsp3) is 0.375. The zero-order valence-corrected chi connectivity index (χ0v) is 18.8. The van der Waals surface area contributed by atoms with E-state index in [0.717, 1.165) is 53.6 Å². The first-order valence-electron chi connectivity index (χ1n) is 10.6. The highest BCUT2D eigenvalue weighted by Crippen LogP contribution is 2.29. The zero-order chi connectivity index (χ0) is 21.6. The van der Waals surface area contributed by atoms with Crippen LogP contribution in [0.1, 0.15) is 23.9 Å². The van der Waals surface area contributed by atoms with Gasteiger partial charge in [0.05, 0.1) is 30.5 Å². The minimum Gasteiger partial charge on any atom is -0.379 e. The van der Waals surface area contributed by atoms with Crippen LogP contribution in [0.3, 0.4) is 0 Å². The average Bonchev–Trinajstić information content (AvgIpc) is 2.79. The zero-order valence-electron chi connectivity index (χ0n) is 18.0. The summed E-state index contributed by atoms with van der Waals surface area (Å²) >= 11 is 1.49. The van der Waals surface area contributed by atoms with E-state index in [-0.39, 0.29) is 11.2 Å². The number of aromatic nitrogens is 2. The Kier molecular flexibility index (Phi) is 7.17. The summed E-state index contributed by atoms with van der Waals surface area (Å²) in [5.74, 6) is 0.790. The monoisotopic (exact) mass is 436 g/mol. The molecule has 1 N–H and O–H groups in total. The molecular formula is C24H28N4O2S. The van der Waals surface area contributed by atoms with Crippen molar-refractivity contribution in [2.24, 2.45) is 0 Å². The van der Waals surface area contributed by atoms with Crippen molar-refractivity contribution < 1.29 is 9.53 Å². The highest BCUT2D eigenvalue weighted by atomic mass is 32.2. The minimum atomic E-state index is -0.264. The minimum absolute atomic E-state index is 0.00278. The first-order valence-corrected chi connectivity index (χ1v) is 11.5. The number of rotatable bonds is 7. The van der Waals surface area contributed by atoms with Gasteiger partial charge in [-0.25, -0.2) is 9.97 Å². The molecule has 162 valence electrons. The second kappa shape index (κ2) is 10.2. The van der Waals surface area contributed by atoms with Crippen molar-refractivity contribution >= 4 is 28.6 Å². The van der Waals surface area contributed by atoms with Crippen LogP contribution in [0, 0.1) is 6.92 Å². The lowest BCUT2D eigenvalue weighted by atomic mass is 10.1. The maximum Gasteiger partial charge on any atom is 0.233 e. The van der Waals surface area contributed by atoms with Crippen LogP contribution in [0.15, 0.2) is 53.6 Å². The number of carbonyl (C=O) groups excluding carboxylic acids is 1. The van der Waals surface area contributed by atoms with E-state index in [2.05, 4.69) is 29.3 Å². The third kappa shape index (κ3) is 5.81. The number of carbonyl (C=O) groups is 1. The van der Waals surface area contributed by atoms with Gasteiger partial charge in [0.25, 0.3) is 0 Å². The Morgan fingerprint density at radius 1 is 1.13 bits per heavy atom. The lowest BCUT2D eigenvalue weighted by Crippen LogP contribution is -2.36. The maximum absolute atomic E-state index is 12.7. The average molecular weight is 437 g/mol. The number of hydrogen-bond acceptors (Lipinski definition) is 6. The van der Waals surface area contributed by atoms with Crippen molar-refractivity contribution in [2.45, 2.75) is 37.2 Å². The highest BCUT2D eigenvalue weighted by Gasteiger charge is 2.19. The Bertz CT molecular complexity index is 1040. The van der Waals surface area contributed by atoms with Crippen molar-refractivity contribution in [3.05, 3.63) is 65.5 Å². The molecule has 7 heteroatoms. The summed E-state index contributed by atoms with van der Waals surface area (Å²) in [5, 5.41) is 4.61. The Labute approximate surface area is 187 Å². The number of nitrogens with zero attached hydrogens (tertiary/aromatic N) is 3. The Balaban J connectivity index is 1.46. The van der Waals surface area contributed by atoms with Crippen molar-refractivity contribution in [1.82, 2.24) is 20.2 Å². The Morgan fingerprint density at radius 3 is 2.65 bits per heavy atom. The Hall–Kier alpha value is -2.48. The van der Waals surface area contributed by atoms with Gasteiger partial charge in [-0.05, 0) is 25.5 Å². The van der Waals surface area contributed by atoms with Gasteiger partial charge in [0, 0.05) is 25.0 Å². The quantitative estimate of drug-likeness (QED) is 0.451. The SMILES string of the molecule is Cc1ccc(CNC(=O)C(C)Sc2nc(CN3CCOCC3)nc3ccccc23)cc1. The summed E-state index contributed by atoms with van der Waals surface area (Å²) in [5.41, 5.74) is 3.22. The summed E-state index contributed by atoms with van der Waals surface area (Å²) < 4.78 is 5.44. The van der Waals surface area contributed by atoms with E-state index in [0.29, 0.717) is 13.1 Å². The van der Waals surface area contributed by atoms with E-state index in [1.807, 2.05) is 43.3 Å². The third-order valence-corrected chi connectivity index (χ3v) is 6.43. The van der Waals surface area contributed by atoms with Gasteiger partial charge in [-0.2, -0.15) is 0 Å². The maximum atomic E-state index is 12.7. The van der Waals surface area contributed by atoms with Gasteiger partial charge in [-0.3, -0.25) is 9.69 Å². The lowest BCUT2D eigenvalue weighted by Gasteiger charge is -2.26. The van der Waals surface area contributed by atoms with Crippen LogP contribution in [0.4, 0.5) is 0 Å². The third-order valence-electron chi connectivity index (χ3n) is 5.33. The van der Waals surface area contributed by atoms with Crippen molar-refractivity contribution in [1.29, 1.82) is 0 Å². The molecule has 1 atom stereocenters. The molecule has 0 saturated carbocycles. The molecule has 0 bridgehead atoms. The van der Waals surface area contributed by atoms with Crippen LogP contribution in [0.25, 0.3) is 10.9 Å². The molecule has 0 radical (unpaired) electrons. The van der Waals surface area contributed by atoms with Gasteiger partial charge in [-0.1, -0.05) is 59.8 Å². The number of fused-ring (bicyclic) bond motifs is 1. The molecule has 1 amide bonds. The number of thioether (sulfide) groups is 1. The number of nitrogens with one attached hydrogen (secondary N) is 1. The van der Waals surface area contributed by atoms with E-state index in [9.17, 15) is 4.79 Å². The van der Waals surface area contributed by atoms with Crippen LogP contribution in [-0.4, -0.2) is 52.3 Å². The molecule has 1 aromatic heterocycles. The first kappa shape index (κ1) is 21.7. The number of amides is 1. The second-order valence-corrected chi connectivity index (χ2v) is 9.14. The van der Waals surface area contributed by atoms with E-state index < -0.39 is 0 Å². The molecule has 0 aliphatic carbocycles. The smallest absolute Gasteiger partial charge is 0.233 e. The number of morpholine rings is 1. The summed E-state index contributed by atoms with van der Waals surface area (Å²) in [7, 11) is 0. The van der Waals surface area contributed by atoms with E-state index >= 15 is 0 Å². The van der Waals surface area contributed by atoms with Crippen molar-refractivity contribution in [2.75, 3.05) is 26.3 Å². The van der Waals surface area contributed by atoms with Crippen LogP contribution in [-0.2, 0) is 22.6 Å². The van der Waals surface area contributed by atoms with Gasteiger partial charge in [0.2, 0.25) is 5.91 Å². The normalized spacial score (nSPS) is 15.7. The highest BCUT2D eigenvalue weighted by molar-refractivity contribution is 8.00. The van der Waals surface area contributed by atoms with Crippen LogP contribution in [0.5, 0.6) is 0 Å². The standard InChI is InChI=1S/C24H28N4O2S/c1-17-7-9-19(10-8-17)15-25-23(29)18(2)31-24-20-5-3-4-6-21(20)26-22(27-24)16-28-11-13-30-14-12-28/h3-10,18H,11-16H2,1-2H3,(H,25,29). The van der Waals surface area contributed by atoms with Crippen LogP contribution in [0.2, 0.25) is 0 Å². The molecule has 1 saturated heterocycles. The lowest BCUT2D eigenvalue weighted by molar-refractivity contribution is -0.120. The van der Waals surface area contributed by atoms with Gasteiger partial charge in [0.1, 0.15) is 10.9 Å². The van der Waals surface area contributed by atoms with E-state index in [1.54, 1.807) is 0 Å². The van der Waals surface area contributed by atoms with Crippen molar-refractivity contribution in [3.8, 4) is 0 Å². The number of para-hydroxylation sites is 1. The largest absolute Gasteiger partial charge is 0.379 e. The number of hydrogen-bond donors (Lipinski definition) is 1. The van der Waals surface area contributed by atoms with E-state index in [1.165, 1.54) is 17.3 Å². The molecule has 2 heterocycles. The van der Waals surface area contributed by atoms with Crippen LogP contribution >= 0.6 is 11.8 Å². The molecule has 1 aliphatic heterocycles. The molecule has 1 aliphatic rings. The first-order chi connectivity index (χ1) is 15.1.